The van der Waals surface area contributed by atoms with E-state index in [2.05, 4.69) is 17.0 Å². The van der Waals surface area contributed by atoms with Gasteiger partial charge in [0.2, 0.25) is 0 Å². The first-order valence-electron chi connectivity index (χ1n) is 6.80. The van der Waals surface area contributed by atoms with Gasteiger partial charge in [0.1, 0.15) is 11.9 Å². The van der Waals surface area contributed by atoms with Crippen LogP contribution in [0.5, 0.6) is 5.75 Å². The highest BCUT2D eigenvalue weighted by atomic mass is 16.5. The number of aliphatic carboxylic acids is 1. The summed E-state index contributed by atoms with van der Waals surface area (Å²) in [5.74, 6) is 0.0683. The Kier molecular flexibility index (Phi) is 3.22. The Bertz CT molecular complexity index is 653. The molecule has 0 bridgehead atoms. The molecule has 0 saturated carbocycles. The van der Waals surface area contributed by atoms with Crippen molar-refractivity contribution in [1.82, 2.24) is 0 Å². The molecule has 1 N–H and O–H groups in total. The van der Waals surface area contributed by atoms with Gasteiger partial charge in [0, 0.05) is 11.9 Å². The molecule has 1 aliphatic heterocycles. The summed E-state index contributed by atoms with van der Waals surface area (Å²) in [4.78, 5) is 13.0. The molecule has 104 valence electrons. The maximum Gasteiger partial charge on any atom is 0.305 e. The number of rotatable bonds is 3. The Labute approximate surface area is 117 Å². The predicted octanol–water partition coefficient (Wildman–Crippen LogP) is 2.90. The molecule has 2 aromatic carbocycles. The summed E-state index contributed by atoms with van der Waals surface area (Å²) >= 11 is 0. The average molecular weight is 271 g/mol. The van der Waals surface area contributed by atoms with Crippen molar-refractivity contribution in [3.63, 3.8) is 0 Å². The van der Waals surface area contributed by atoms with Crippen LogP contribution in [0.25, 0.3) is 10.8 Å². The second-order valence-electron chi connectivity index (χ2n) is 5.15. The smallest absolute Gasteiger partial charge is 0.305 e. The number of carboxylic acids is 1. The van der Waals surface area contributed by atoms with E-state index in [1.54, 1.807) is 0 Å². The number of carbonyl (C=O) groups is 1. The lowest BCUT2D eigenvalue weighted by molar-refractivity contribution is -0.136. The van der Waals surface area contributed by atoms with Gasteiger partial charge in [-0.05, 0) is 18.4 Å². The fourth-order valence-electron chi connectivity index (χ4n) is 2.75. The zero-order chi connectivity index (χ0) is 14.1. The summed E-state index contributed by atoms with van der Waals surface area (Å²) in [6.07, 6.45) is 0.201. The molecule has 4 nitrogen and oxygen atoms in total. The average Bonchev–Trinajstić information content (AvgIpc) is 2.44. The van der Waals surface area contributed by atoms with Crippen molar-refractivity contribution in [2.45, 2.75) is 19.4 Å². The van der Waals surface area contributed by atoms with Crippen LogP contribution in [0.1, 0.15) is 13.3 Å². The quantitative estimate of drug-likeness (QED) is 0.932. The van der Waals surface area contributed by atoms with E-state index >= 15 is 0 Å². The molecule has 20 heavy (non-hydrogen) atoms. The number of hydrogen-bond acceptors (Lipinski definition) is 3. The zero-order valence-electron chi connectivity index (χ0n) is 11.4. The molecule has 1 heterocycles. The first kappa shape index (κ1) is 12.8. The molecule has 1 unspecified atom stereocenters. The Morgan fingerprint density at radius 2 is 2.15 bits per heavy atom. The van der Waals surface area contributed by atoms with Gasteiger partial charge in [-0.3, -0.25) is 4.79 Å². The number of anilines is 1. The van der Waals surface area contributed by atoms with Crippen molar-refractivity contribution in [3.05, 3.63) is 36.4 Å². The van der Waals surface area contributed by atoms with Crippen LogP contribution in [0, 0.1) is 0 Å². The Morgan fingerprint density at radius 1 is 1.35 bits per heavy atom. The molecule has 0 aliphatic carbocycles. The third-order valence-electron chi connectivity index (χ3n) is 3.58. The van der Waals surface area contributed by atoms with Crippen molar-refractivity contribution in [2.24, 2.45) is 0 Å². The number of fused-ring (bicyclic) bond motifs is 3. The Morgan fingerprint density at radius 3 is 2.95 bits per heavy atom. The molecule has 2 aromatic rings. The van der Waals surface area contributed by atoms with Crippen molar-refractivity contribution < 1.29 is 14.6 Å². The number of hydrogen-bond donors (Lipinski definition) is 1. The summed E-state index contributed by atoms with van der Waals surface area (Å²) < 4.78 is 5.89. The van der Waals surface area contributed by atoms with Crippen LogP contribution < -0.4 is 9.64 Å². The highest BCUT2D eigenvalue weighted by molar-refractivity contribution is 5.97. The topological polar surface area (TPSA) is 49.8 Å². The fraction of sp³-hybridized carbons (Fsp3) is 0.312. The van der Waals surface area contributed by atoms with Gasteiger partial charge in [0.25, 0.3) is 0 Å². The molecule has 0 fully saturated rings. The fourth-order valence-corrected chi connectivity index (χ4v) is 2.75. The summed E-state index contributed by atoms with van der Waals surface area (Å²) in [6.45, 7) is 3.23. The first-order chi connectivity index (χ1) is 9.65. The minimum atomic E-state index is -0.772. The molecule has 0 aromatic heterocycles. The number of benzene rings is 2. The molecule has 0 spiro atoms. The van der Waals surface area contributed by atoms with Gasteiger partial charge in [-0.25, -0.2) is 0 Å². The van der Waals surface area contributed by atoms with Crippen LogP contribution in [0.4, 0.5) is 5.69 Å². The summed E-state index contributed by atoms with van der Waals surface area (Å²) in [5, 5.41) is 11.2. The largest absolute Gasteiger partial charge is 0.487 e. The monoisotopic (exact) mass is 271 g/mol. The van der Waals surface area contributed by atoms with Gasteiger partial charge in [0.05, 0.1) is 18.7 Å². The van der Waals surface area contributed by atoms with Gasteiger partial charge < -0.3 is 14.7 Å². The predicted molar refractivity (Wildman–Crippen MR) is 78.5 cm³/mol. The van der Waals surface area contributed by atoms with Gasteiger partial charge in [0.15, 0.2) is 0 Å². The second kappa shape index (κ2) is 5.04. The first-order valence-corrected chi connectivity index (χ1v) is 6.80. The molecule has 1 atom stereocenters. The maximum absolute atomic E-state index is 10.8. The molecular formula is C16H17NO3. The van der Waals surface area contributed by atoms with Crippen LogP contribution in [-0.4, -0.2) is 30.3 Å². The normalized spacial score (nSPS) is 17.6. The van der Waals surface area contributed by atoms with Gasteiger partial charge >= 0.3 is 5.97 Å². The van der Waals surface area contributed by atoms with Crippen LogP contribution in [0.3, 0.4) is 0 Å². The maximum atomic E-state index is 10.8. The summed E-state index contributed by atoms with van der Waals surface area (Å²) in [5.41, 5.74) is 1.02. The van der Waals surface area contributed by atoms with E-state index < -0.39 is 5.97 Å². The van der Waals surface area contributed by atoms with Gasteiger partial charge in [-0.2, -0.15) is 0 Å². The highest BCUT2D eigenvalue weighted by Gasteiger charge is 2.25. The SMILES string of the molecule is CC1CN(CCC(=O)O)c2c(ccc3ccccc23)O1. The third kappa shape index (κ3) is 2.29. The minimum Gasteiger partial charge on any atom is -0.487 e. The van der Waals surface area contributed by atoms with E-state index in [-0.39, 0.29) is 12.5 Å². The Hall–Kier alpha value is -2.23. The molecule has 0 radical (unpaired) electrons. The summed E-state index contributed by atoms with van der Waals surface area (Å²) in [7, 11) is 0. The lowest BCUT2D eigenvalue weighted by Crippen LogP contribution is -2.39. The minimum absolute atomic E-state index is 0.0671. The molecule has 0 amide bonds. The number of ether oxygens (including phenoxy) is 1. The van der Waals surface area contributed by atoms with E-state index in [4.69, 9.17) is 9.84 Å². The van der Waals surface area contributed by atoms with Crippen LogP contribution in [0.2, 0.25) is 0 Å². The van der Waals surface area contributed by atoms with Gasteiger partial charge in [-0.15, -0.1) is 0 Å². The van der Waals surface area contributed by atoms with E-state index in [0.29, 0.717) is 13.1 Å². The van der Waals surface area contributed by atoms with Crippen molar-refractivity contribution in [2.75, 3.05) is 18.0 Å². The number of carboxylic acid groups (broad SMARTS) is 1. The highest BCUT2D eigenvalue weighted by Crippen LogP contribution is 2.39. The molecule has 4 heteroatoms. The van der Waals surface area contributed by atoms with E-state index in [1.165, 1.54) is 0 Å². The van der Waals surface area contributed by atoms with E-state index in [9.17, 15) is 4.79 Å². The van der Waals surface area contributed by atoms with Crippen LogP contribution in [0.15, 0.2) is 36.4 Å². The van der Waals surface area contributed by atoms with E-state index in [0.717, 1.165) is 22.2 Å². The van der Waals surface area contributed by atoms with Crippen LogP contribution >= 0.6 is 0 Å². The van der Waals surface area contributed by atoms with Crippen molar-refractivity contribution in [1.29, 1.82) is 0 Å². The van der Waals surface area contributed by atoms with E-state index in [1.807, 2.05) is 31.2 Å². The third-order valence-corrected chi connectivity index (χ3v) is 3.58. The van der Waals surface area contributed by atoms with Gasteiger partial charge in [-0.1, -0.05) is 30.3 Å². The molecular weight excluding hydrogens is 254 g/mol. The van der Waals surface area contributed by atoms with Crippen molar-refractivity contribution >= 4 is 22.4 Å². The standard InChI is InChI=1S/C16H17NO3/c1-11-10-17(9-8-15(18)19)16-13-5-3-2-4-12(13)6-7-14(16)20-11/h2-7,11H,8-10H2,1H3,(H,18,19). The molecule has 1 aliphatic rings. The van der Waals surface area contributed by atoms with Crippen LogP contribution in [-0.2, 0) is 4.79 Å². The summed E-state index contributed by atoms with van der Waals surface area (Å²) in [6, 6.07) is 12.1. The number of nitrogens with zero attached hydrogens (tertiary/aromatic N) is 1. The zero-order valence-corrected chi connectivity index (χ0v) is 11.4. The Balaban J connectivity index is 2.07. The second-order valence-corrected chi connectivity index (χ2v) is 5.15. The lowest BCUT2D eigenvalue weighted by atomic mass is 10.0. The lowest BCUT2D eigenvalue weighted by Gasteiger charge is -2.35. The molecule has 3 rings (SSSR count). The van der Waals surface area contributed by atoms with Crippen molar-refractivity contribution in [3.8, 4) is 5.75 Å². The molecule has 0 saturated heterocycles.